The molecule has 2 N–H and O–H groups in total. The number of rotatable bonds is 9. The van der Waals surface area contributed by atoms with E-state index in [0.29, 0.717) is 51.2 Å². The van der Waals surface area contributed by atoms with Gasteiger partial charge in [-0.1, -0.05) is 23.7 Å². The summed E-state index contributed by atoms with van der Waals surface area (Å²) in [5.74, 6) is 0.0448. The van der Waals surface area contributed by atoms with Crippen LogP contribution in [0.1, 0.15) is 5.56 Å². The van der Waals surface area contributed by atoms with E-state index in [4.69, 9.17) is 16.6 Å². The number of anilines is 3. The van der Waals surface area contributed by atoms with Crippen LogP contribution in [0.3, 0.4) is 0 Å². The highest BCUT2D eigenvalue weighted by Gasteiger charge is 2.19. The highest BCUT2D eigenvalue weighted by Crippen LogP contribution is 2.34. The summed E-state index contributed by atoms with van der Waals surface area (Å²) in [4.78, 5) is 28.1. The molecular weight excluding hydrogens is 531 g/mol. The van der Waals surface area contributed by atoms with E-state index in [0.717, 1.165) is 31.7 Å². The maximum Gasteiger partial charge on any atom is 0.229 e. The summed E-state index contributed by atoms with van der Waals surface area (Å²) in [7, 11) is 5.96. The second-order valence-electron chi connectivity index (χ2n) is 10.2. The van der Waals surface area contributed by atoms with Crippen LogP contribution in [-0.4, -0.2) is 89.6 Å². The summed E-state index contributed by atoms with van der Waals surface area (Å²) >= 11 is 6.63. The molecule has 3 heterocycles. The Morgan fingerprint density at radius 2 is 1.95 bits per heavy atom. The van der Waals surface area contributed by atoms with Crippen molar-refractivity contribution in [2.24, 2.45) is 0 Å². The predicted octanol–water partition coefficient (Wildman–Crippen LogP) is 4.54. The molecule has 2 aromatic heterocycles. The van der Waals surface area contributed by atoms with Gasteiger partial charge in [-0.3, -0.25) is 9.89 Å². The zero-order valence-corrected chi connectivity index (χ0v) is 23.5. The van der Waals surface area contributed by atoms with E-state index in [1.807, 2.05) is 42.1 Å². The summed E-state index contributed by atoms with van der Waals surface area (Å²) in [5, 5.41) is 11.5. The number of hydrogen-bond acceptors (Lipinski definition) is 8. The molecule has 1 fully saturated rings. The minimum absolute atomic E-state index is 0.00101. The van der Waals surface area contributed by atoms with E-state index >= 15 is 0 Å². The number of hydrogen-bond donors (Lipinski definition) is 2. The zero-order valence-electron chi connectivity index (χ0n) is 22.8. The molecule has 0 aliphatic carbocycles. The van der Waals surface area contributed by atoms with Gasteiger partial charge in [-0.15, -0.1) is 0 Å². The summed E-state index contributed by atoms with van der Waals surface area (Å²) in [6.07, 6.45) is 5.34. The molecule has 5 rings (SSSR count). The Morgan fingerprint density at radius 3 is 2.73 bits per heavy atom. The van der Waals surface area contributed by atoms with Crippen LogP contribution in [0.5, 0.6) is 0 Å². The van der Waals surface area contributed by atoms with Crippen LogP contribution in [0.2, 0.25) is 5.02 Å². The number of aromatic nitrogens is 4. The molecule has 0 amide bonds. The molecule has 4 aromatic rings. The van der Waals surface area contributed by atoms with Crippen molar-refractivity contribution >= 4 is 45.7 Å². The maximum absolute atomic E-state index is 14.7. The molecular formula is C29H32ClFN8O. The minimum Gasteiger partial charge on any atom is -0.367 e. The van der Waals surface area contributed by atoms with Crippen LogP contribution in [0.25, 0.3) is 22.3 Å². The Kier molecular flexibility index (Phi) is 8.39. The first-order chi connectivity index (χ1) is 19.3. The van der Waals surface area contributed by atoms with Crippen molar-refractivity contribution in [2.45, 2.75) is 6.42 Å². The van der Waals surface area contributed by atoms with Gasteiger partial charge in [0.2, 0.25) is 5.95 Å². The van der Waals surface area contributed by atoms with Gasteiger partial charge in [0, 0.05) is 50.4 Å². The predicted molar refractivity (Wildman–Crippen MR) is 158 cm³/mol. The molecule has 2 aromatic carbocycles. The van der Waals surface area contributed by atoms with Gasteiger partial charge in [0.25, 0.3) is 0 Å². The van der Waals surface area contributed by atoms with Gasteiger partial charge in [0.15, 0.2) is 11.4 Å². The summed E-state index contributed by atoms with van der Waals surface area (Å²) in [6, 6.07) is 10.4. The lowest BCUT2D eigenvalue weighted by Crippen LogP contribution is -2.44. The van der Waals surface area contributed by atoms with Crippen LogP contribution in [0, 0.1) is 5.82 Å². The number of nitrogens with one attached hydrogen (secondary N) is 2. The number of carbonyl (C=O) groups excluding carboxylic acids is 1. The molecule has 0 bridgehead atoms. The SMILES string of the molecule is CN(C)C/C=C/C(=O)Cc1ccc(Cl)c(-c2nc(Nc3ccc(F)c(N4CCN(C)CC4)c3)nc3[nH]ncc23)c1. The van der Waals surface area contributed by atoms with Gasteiger partial charge >= 0.3 is 0 Å². The van der Waals surface area contributed by atoms with E-state index in [2.05, 4.69) is 32.4 Å². The van der Waals surface area contributed by atoms with Crippen molar-refractivity contribution in [2.75, 3.05) is 64.1 Å². The summed E-state index contributed by atoms with van der Waals surface area (Å²) in [6.45, 7) is 3.94. The van der Waals surface area contributed by atoms with Gasteiger partial charge in [-0.2, -0.15) is 10.1 Å². The van der Waals surface area contributed by atoms with Crippen molar-refractivity contribution in [3.63, 3.8) is 0 Å². The van der Waals surface area contributed by atoms with Gasteiger partial charge in [0.05, 0.1) is 28.0 Å². The van der Waals surface area contributed by atoms with Crippen molar-refractivity contribution in [3.8, 4) is 11.3 Å². The number of halogens is 2. The third-order valence-corrected chi connectivity index (χ3v) is 7.12. The number of H-pyrrole nitrogens is 1. The molecule has 1 aliphatic rings. The standard InChI is InChI=1S/C29H32ClFN8O/c1-37(2)10-4-5-21(40)15-19-6-8-24(30)22(16-19)27-23-18-32-36-28(23)35-29(34-27)33-20-7-9-25(31)26(17-20)39-13-11-38(3)12-14-39/h4-9,16-18H,10-15H2,1-3H3,(H2,32,33,34,35,36)/b5-4+. The lowest BCUT2D eigenvalue weighted by atomic mass is 10.0. The minimum atomic E-state index is -0.268. The number of benzene rings is 2. The lowest BCUT2D eigenvalue weighted by molar-refractivity contribution is -0.114. The number of piperazine rings is 1. The van der Waals surface area contributed by atoms with Gasteiger partial charge < -0.3 is 20.0 Å². The number of ketones is 1. The number of carbonyl (C=O) groups is 1. The topological polar surface area (TPSA) is 93.3 Å². The maximum atomic E-state index is 14.7. The second kappa shape index (κ2) is 12.1. The van der Waals surface area contributed by atoms with E-state index in [9.17, 15) is 9.18 Å². The first-order valence-electron chi connectivity index (χ1n) is 13.1. The lowest BCUT2D eigenvalue weighted by Gasteiger charge is -2.34. The fraction of sp³-hybridized carbons (Fsp3) is 0.310. The Balaban J connectivity index is 1.44. The second-order valence-corrected chi connectivity index (χ2v) is 10.6. The summed E-state index contributed by atoms with van der Waals surface area (Å²) < 4.78 is 14.7. The van der Waals surface area contributed by atoms with Crippen LogP contribution in [-0.2, 0) is 11.2 Å². The first-order valence-corrected chi connectivity index (χ1v) is 13.5. The van der Waals surface area contributed by atoms with Crippen LogP contribution in [0.15, 0.2) is 54.7 Å². The van der Waals surface area contributed by atoms with Crippen molar-refractivity contribution < 1.29 is 9.18 Å². The van der Waals surface area contributed by atoms with Gasteiger partial charge in [0.1, 0.15) is 5.82 Å². The molecule has 11 heteroatoms. The van der Waals surface area contributed by atoms with E-state index in [1.165, 1.54) is 6.07 Å². The van der Waals surface area contributed by atoms with Crippen LogP contribution < -0.4 is 10.2 Å². The van der Waals surface area contributed by atoms with E-state index in [-0.39, 0.29) is 18.0 Å². The Morgan fingerprint density at radius 1 is 1.15 bits per heavy atom. The van der Waals surface area contributed by atoms with Crippen molar-refractivity contribution in [1.82, 2.24) is 30.0 Å². The largest absolute Gasteiger partial charge is 0.367 e. The Bertz CT molecular complexity index is 1540. The summed E-state index contributed by atoms with van der Waals surface area (Å²) in [5.41, 5.74) is 3.79. The monoisotopic (exact) mass is 562 g/mol. The average Bonchev–Trinajstić information content (AvgIpc) is 3.40. The van der Waals surface area contributed by atoms with Crippen LogP contribution in [0.4, 0.5) is 21.7 Å². The Labute approximate surface area is 237 Å². The van der Waals surface area contributed by atoms with Gasteiger partial charge in [-0.25, -0.2) is 9.37 Å². The molecule has 0 radical (unpaired) electrons. The zero-order chi connectivity index (χ0) is 28.2. The molecule has 1 aliphatic heterocycles. The molecule has 0 atom stereocenters. The van der Waals surface area contributed by atoms with E-state index < -0.39 is 0 Å². The number of nitrogens with zero attached hydrogens (tertiary/aromatic N) is 6. The third kappa shape index (κ3) is 6.47. The molecule has 0 unspecified atom stereocenters. The average molecular weight is 563 g/mol. The highest BCUT2D eigenvalue weighted by atomic mass is 35.5. The molecule has 1 saturated heterocycles. The normalized spacial score (nSPS) is 14.5. The fourth-order valence-electron chi connectivity index (χ4n) is 4.62. The van der Waals surface area contributed by atoms with Crippen LogP contribution >= 0.6 is 11.6 Å². The molecule has 0 spiro atoms. The third-order valence-electron chi connectivity index (χ3n) is 6.79. The Hall–Kier alpha value is -3.86. The number of likely N-dealkylation sites (N-methyl/N-ethyl adjacent to an activating group) is 2. The quantitative estimate of drug-likeness (QED) is 0.287. The first kappa shape index (κ1) is 27.7. The molecule has 208 valence electrons. The molecule has 0 saturated carbocycles. The number of aromatic amines is 1. The van der Waals surface area contributed by atoms with Crippen molar-refractivity contribution in [3.05, 3.63) is 71.2 Å². The smallest absolute Gasteiger partial charge is 0.229 e. The number of allylic oxidation sites excluding steroid dienone is 1. The number of fused-ring (bicyclic) bond motifs is 1. The fourth-order valence-corrected chi connectivity index (χ4v) is 4.83. The van der Waals surface area contributed by atoms with E-state index in [1.54, 1.807) is 30.5 Å². The highest BCUT2D eigenvalue weighted by molar-refractivity contribution is 6.33. The van der Waals surface area contributed by atoms with Gasteiger partial charge in [-0.05, 0) is 63.1 Å². The molecule has 40 heavy (non-hydrogen) atoms. The molecule has 9 nitrogen and oxygen atoms in total. The van der Waals surface area contributed by atoms with Crippen molar-refractivity contribution in [1.29, 1.82) is 0 Å².